The molecule has 1 nitrogen and oxygen atoms in total. The second kappa shape index (κ2) is 7.57. The van der Waals surface area contributed by atoms with Crippen LogP contribution in [0.1, 0.15) is 19.4 Å². The van der Waals surface area contributed by atoms with Crippen molar-refractivity contribution in [2.75, 3.05) is 6.54 Å². The van der Waals surface area contributed by atoms with Crippen molar-refractivity contribution in [3.05, 3.63) is 59.7 Å². The SMILES string of the molecule is CC(C)CNCc1c(F)cccc1Sc1ccc(F)cc1. The first-order chi connectivity index (χ1) is 10.1. The Hall–Kier alpha value is -1.39. The summed E-state index contributed by atoms with van der Waals surface area (Å²) in [4.78, 5) is 1.75. The number of halogens is 2. The van der Waals surface area contributed by atoms with Crippen molar-refractivity contribution < 1.29 is 8.78 Å². The number of hydrogen-bond acceptors (Lipinski definition) is 2. The van der Waals surface area contributed by atoms with Gasteiger partial charge in [0.05, 0.1) is 0 Å². The molecular formula is C17H19F2NS. The monoisotopic (exact) mass is 307 g/mol. The highest BCUT2D eigenvalue weighted by Gasteiger charge is 2.10. The molecule has 4 heteroatoms. The quantitative estimate of drug-likeness (QED) is 0.818. The minimum atomic E-state index is -0.266. The van der Waals surface area contributed by atoms with Crippen molar-refractivity contribution in [1.29, 1.82) is 0 Å². The summed E-state index contributed by atoms with van der Waals surface area (Å²) in [7, 11) is 0. The number of benzene rings is 2. The highest BCUT2D eigenvalue weighted by molar-refractivity contribution is 7.99. The molecule has 0 aliphatic carbocycles. The maximum Gasteiger partial charge on any atom is 0.128 e. The van der Waals surface area contributed by atoms with E-state index in [2.05, 4.69) is 19.2 Å². The summed E-state index contributed by atoms with van der Waals surface area (Å²) in [6, 6.07) is 11.3. The van der Waals surface area contributed by atoms with Gasteiger partial charge in [-0.05, 0) is 48.9 Å². The molecule has 0 unspecified atom stereocenters. The minimum absolute atomic E-state index is 0.210. The maximum absolute atomic E-state index is 14.0. The molecule has 21 heavy (non-hydrogen) atoms. The van der Waals surface area contributed by atoms with Crippen LogP contribution in [0.15, 0.2) is 52.3 Å². The van der Waals surface area contributed by atoms with E-state index >= 15 is 0 Å². The molecule has 0 aliphatic heterocycles. The molecule has 2 aromatic carbocycles. The molecule has 1 N–H and O–H groups in total. The first kappa shape index (κ1) is 16.0. The Morgan fingerprint density at radius 1 is 1.05 bits per heavy atom. The molecule has 0 radical (unpaired) electrons. The smallest absolute Gasteiger partial charge is 0.128 e. The second-order valence-corrected chi connectivity index (χ2v) is 6.41. The topological polar surface area (TPSA) is 12.0 Å². The normalized spacial score (nSPS) is 11.1. The van der Waals surface area contributed by atoms with Crippen molar-refractivity contribution in [3.8, 4) is 0 Å². The summed E-state index contributed by atoms with van der Waals surface area (Å²) in [5.74, 6) is 0.0424. The maximum atomic E-state index is 14.0. The molecule has 0 spiro atoms. The predicted octanol–water partition coefficient (Wildman–Crippen LogP) is 4.86. The zero-order valence-corrected chi connectivity index (χ0v) is 13.0. The summed E-state index contributed by atoms with van der Waals surface area (Å²) in [6.45, 7) is 5.56. The third kappa shape index (κ3) is 4.83. The van der Waals surface area contributed by atoms with E-state index in [1.54, 1.807) is 18.2 Å². The standard InChI is InChI=1S/C17H19F2NS/c1-12(2)10-20-11-15-16(19)4-3-5-17(15)21-14-8-6-13(18)7-9-14/h3-9,12,20H,10-11H2,1-2H3. The van der Waals surface area contributed by atoms with Crippen LogP contribution in [-0.2, 0) is 6.54 Å². The van der Waals surface area contributed by atoms with Crippen molar-refractivity contribution in [2.24, 2.45) is 5.92 Å². The highest BCUT2D eigenvalue weighted by atomic mass is 32.2. The highest BCUT2D eigenvalue weighted by Crippen LogP contribution is 2.31. The zero-order valence-electron chi connectivity index (χ0n) is 12.2. The van der Waals surface area contributed by atoms with Crippen LogP contribution in [0.2, 0.25) is 0 Å². The lowest BCUT2D eigenvalue weighted by Crippen LogP contribution is -2.20. The fourth-order valence-corrected chi connectivity index (χ4v) is 2.89. The molecule has 0 aromatic heterocycles. The van der Waals surface area contributed by atoms with Gasteiger partial charge in [-0.3, -0.25) is 0 Å². The molecule has 0 bridgehead atoms. The van der Waals surface area contributed by atoms with Gasteiger partial charge in [-0.2, -0.15) is 0 Å². The van der Waals surface area contributed by atoms with Crippen LogP contribution in [0.3, 0.4) is 0 Å². The van der Waals surface area contributed by atoms with Crippen LogP contribution in [0.5, 0.6) is 0 Å². The van der Waals surface area contributed by atoms with E-state index in [-0.39, 0.29) is 11.6 Å². The zero-order chi connectivity index (χ0) is 15.2. The molecule has 0 fully saturated rings. The second-order valence-electron chi connectivity index (χ2n) is 5.30. The lowest BCUT2D eigenvalue weighted by Gasteiger charge is -2.12. The first-order valence-electron chi connectivity index (χ1n) is 6.98. The molecule has 0 saturated heterocycles. The number of hydrogen-bond donors (Lipinski definition) is 1. The van der Waals surface area contributed by atoms with Gasteiger partial charge in [0, 0.05) is 21.9 Å². The molecule has 2 rings (SSSR count). The molecule has 0 aliphatic rings. The van der Waals surface area contributed by atoms with Crippen molar-refractivity contribution in [1.82, 2.24) is 5.32 Å². The Bertz CT molecular complexity index is 582. The van der Waals surface area contributed by atoms with Crippen LogP contribution in [-0.4, -0.2) is 6.54 Å². The van der Waals surface area contributed by atoms with Crippen LogP contribution >= 0.6 is 11.8 Å². The summed E-state index contributed by atoms with van der Waals surface area (Å²) >= 11 is 1.45. The van der Waals surface area contributed by atoms with Gasteiger partial charge in [0.1, 0.15) is 11.6 Å². The minimum Gasteiger partial charge on any atom is -0.312 e. The van der Waals surface area contributed by atoms with Crippen LogP contribution in [0.4, 0.5) is 8.78 Å². The first-order valence-corrected chi connectivity index (χ1v) is 7.79. The largest absolute Gasteiger partial charge is 0.312 e. The van der Waals surface area contributed by atoms with Gasteiger partial charge in [0.15, 0.2) is 0 Å². The Balaban J connectivity index is 2.14. The van der Waals surface area contributed by atoms with E-state index in [0.29, 0.717) is 18.0 Å². The summed E-state index contributed by atoms with van der Waals surface area (Å²) in [6.07, 6.45) is 0. The van der Waals surface area contributed by atoms with Gasteiger partial charge in [-0.1, -0.05) is 31.7 Å². The number of nitrogens with one attached hydrogen (secondary N) is 1. The third-order valence-electron chi connectivity index (χ3n) is 2.97. The van der Waals surface area contributed by atoms with E-state index in [1.165, 1.54) is 30.0 Å². The van der Waals surface area contributed by atoms with Crippen molar-refractivity contribution in [2.45, 2.75) is 30.2 Å². The van der Waals surface area contributed by atoms with E-state index in [0.717, 1.165) is 16.3 Å². The van der Waals surface area contributed by atoms with Crippen molar-refractivity contribution >= 4 is 11.8 Å². The molecule has 0 heterocycles. The van der Waals surface area contributed by atoms with Crippen LogP contribution in [0.25, 0.3) is 0 Å². The molecule has 0 saturated carbocycles. The van der Waals surface area contributed by atoms with Gasteiger partial charge < -0.3 is 5.32 Å². The fourth-order valence-electron chi connectivity index (χ4n) is 1.92. The summed E-state index contributed by atoms with van der Waals surface area (Å²) < 4.78 is 27.0. The van der Waals surface area contributed by atoms with Gasteiger partial charge in [-0.15, -0.1) is 0 Å². The molecular weight excluding hydrogens is 288 g/mol. The summed E-state index contributed by atoms with van der Waals surface area (Å²) in [5, 5.41) is 3.26. The molecule has 2 aromatic rings. The lowest BCUT2D eigenvalue weighted by atomic mass is 10.2. The molecule has 0 amide bonds. The van der Waals surface area contributed by atoms with E-state index in [4.69, 9.17) is 0 Å². The lowest BCUT2D eigenvalue weighted by molar-refractivity contribution is 0.530. The third-order valence-corrected chi connectivity index (χ3v) is 4.08. The fraction of sp³-hybridized carbons (Fsp3) is 0.294. The predicted molar refractivity (Wildman–Crippen MR) is 83.5 cm³/mol. The molecule has 112 valence electrons. The Kier molecular flexibility index (Phi) is 5.76. The Labute approximate surface area is 128 Å². The number of rotatable bonds is 6. The van der Waals surface area contributed by atoms with E-state index in [1.807, 2.05) is 6.07 Å². The van der Waals surface area contributed by atoms with Crippen molar-refractivity contribution in [3.63, 3.8) is 0 Å². The van der Waals surface area contributed by atoms with Gasteiger partial charge in [-0.25, -0.2) is 8.78 Å². The average molecular weight is 307 g/mol. The van der Waals surface area contributed by atoms with Crippen LogP contribution in [0, 0.1) is 17.6 Å². The Morgan fingerprint density at radius 3 is 2.43 bits per heavy atom. The van der Waals surface area contributed by atoms with Gasteiger partial charge >= 0.3 is 0 Å². The molecule has 0 atom stereocenters. The summed E-state index contributed by atoms with van der Waals surface area (Å²) in [5.41, 5.74) is 0.660. The van der Waals surface area contributed by atoms with Gasteiger partial charge in [0.2, 0.25) is 0 Å². The van der Waals surface area contributed by atoms with E-state index < -0.39 is 0 Å². The van der Waals surface area contributed by atoms with Gasteiger partial charge in [0.25, 0.3) is 0 Å². The Morgan fingerprint density at radius 2 is 1.76 bits per heavy atom. The van der Waals surface area contributed by atoms with E-state index in [9.17, 15) is 8.78 Å². The van der Waals surface area contributed by atoms with Crippen LogP contribution < -0.4 is 5.32 Å². The average Bonchev–Trinajstić information content (AvgIpc) is 2.44.